The Balaban J connectivity index is 2.04. The zero-order valence-corrected chi connectivity index (χ0v) is 11.6. The average molecular weight is 266 g/mol. The molecule has 1 aromatic carbocycles. The summed E-state index contributed by atoms with van der Waals surface area (Å²) in [6.45, 7) is 1.15. The number of hydrogen-bond acceptors (Lipinski definition) is 2. The summed E-state index contributed by atoms with van der Waals surface area (Å²) in [7, 11) is 2.16. The number of likely N-dealkylation sites (tertiary alicyclic amines) is 1. The van der Waals surface area contributed by atoms with E-state index >= 15 is 0 Å². The molecule has 2 nitrogen and oxygen atoms in total. The van der Waals surface area contributed by atoms with Gasteiger partial charge >= 0.3 is 0 Å². The summed E-state index contributed by atoms with van der Waals surface area (Å²) in [6, 6.07) is 8.18. The molecule has 0 bridgehead atoms. The van der Waals surface area contributed by atoms with Gasteiger partial charge in [0.15, 0.2) is 0 Å². The Hall–Kier alpha value is -0.860. The van der Waals surface area contributed by atoms with E-state index in [-0.39, 0.29) is 5.92 Å². The fraction of sp³-hybridized carbons (Fsp3) is 0.533. The third-order valence-electron chi connectivity index (χ3n) is 3.91. The monoisotopic (exact) mass is 265 g/mol. The minimum absolute atomic E-state index is 0.00665. The lowest BCUT2D eigenvalue weighted by Crippen LogP contribution is -2.37. The van der Waals surface area contributed by atoms with Gasteiger partial charge in [0.2, 0.25) is 0 Å². The molecule has 3 heteroatoms. The van der Waals surface area contributed by atoms with Gasteiger partial charge in [-0.2, -0.15) is 0 Å². The molecule has 1 aliphatic heterocycles. The van der Waals surface area contributed by atoms with Crippen LogP contribution in [0, 0.1) is 0 Å². The zero-order chi connectivity index (χ0) is 13.0. The molecule has 1 aliphatic rings. The second kappa shape index (κ2) is 6.35. The molecule has 2 atom stereocenters. The molecule has 2 rings (SSSR count). The van der Waals surface area contributed by atoms with Crippen molar-refractivity contribution < 1.29 is 4.79 Å². The van der Waals surface area contributed by atoms with Crippen LogP contribution < -0.4 is 0 Å². The van der Waals surface area contributed by atoms with Gasteiger partial charge in [0.1, 0.15) is 6.29 Å². The van der Waals surface area contributed by atoms with E-state index in [2.05, 4.69) is 11.9 Å². The summed E-state index contributed by atoms with van der Waals surface area (Å²) in [5, 5.41) is 0.721. The molecule has 1 heterocycles. The summed E-state index contributed by atoms with van der Waals surface area (Å²) < 4.78 is 0. The van der Waals surface area contributed by atoms with Gasteiger partial charge < -0.3 is 9.69 Å². The number of piperidine rings is 1. The molecule has 1 fully saturated rings. The zero-order valence-electron chi connectivity index (χ0n) is 10.8. The number of rotatable bonds is 4. The van der Waals surface area contributed by atoms with E-state index in [1.54, 1.807) is 0 Å². The van der Waals surface area contributed by atoms with E-state index in [1.807, 2.05) is 24.3 Å². The van der Waals surface area contributed by atoms with Gasteiger partial charge in [0, 0.05) is 17.0 Å². The molecule has 0 aliphatic carbocycles. The summed E-state index contributed by atoms with van der Waals surface area (Å²) in [5.41, 5.74) is 1.08. The predicted molar refractivity (Wildman–Crippen MR) is 75.1 cm³/mol. The van der Waals surface area contributed by atoms with Gasteiger partial charge in [0.25, 0.3) is 0 Å². The fourth-order valence-corrected chi connectivity index (χ4v) is 2.84. The lowest BCUT2D eigenvalue weighted by Gasteiger charge is -2.33. The van der Waals surface area contributed by atoms with E-state index in [9.17, 15) is 4.79 Å². The molecule has 2 unspecified atom stereocenters. The van der Waals surface area contributed by atoms with Gasteiger partial charge in [-0.3, -0.25) is 0 Å². The topological polar surface area (TPSA) is 20.3 Å². The number of hydrogen-bond donors (Lipinski definition) is 0. The lowest BCUT2D eigenvalue weighted by molar-refractivity contribution is -0.109. The number of carbonyl (C=O) groups excluding carboxylic acids is 1. The first-order chi connectivity index (χ1) is 8.70. The van der Waals surface area contributed by atoms with E-state index in [0.717, 1.165) is 29.8 Å². The molecule has 0 spiro atoms. The molecule has 0 radical (unpaired) electrons. The summed E-state index contributed by atoms with van der Waals surface area (Å²) in [4.78, 5) is 13.7. The minimum atomic E-state index is -0.00665. The standard InChI is InChI=1S/C15H20ClNO/c1-17-9-3-2-4-15(17)10-13(11-18)12-5-7-14(16)8-6-12/h5-8,11,13,15H,2-4,9-10H2,1H3. The number of nitrogens with zero attached hydrogens (tertiary/aromatic N) is 1. The van der Waals surface area contributed by atoms with Gasteiger partial charge in [0.05, 0.1) is 0 Å². The molecular formula is C15H20ClNO. The van der Waals surface area contributed by atoms with Crippen molar-refractivity contribution in [3.8, 4) is 0 Å². The Labute approximate surface area is 114 Å². The molecule has 1 aromatic rings. The van der Waals surface area contributed by atoms with Crippen LogP contribution in [0.4, 0.5) is 0 Å². The minimum Gasteiger partial charge on any atom is -0.303 e. The summed E-state index contributed by atoms with van der Waals surface area (Å²) in [5.74, 6) is -0.00665. The van der Waals surface area contributed by atoms with Crippen LogP contribution in [0.25, 0.3) is 0 Å². The summed E-state index contributed by atoms with van der Waals surface area (Å²) in [6.07, 6.45) is 5.75. The highest BCUT2D eigenvalue weighted by atomic mass is 35.5. The van der Waals surface area contributed by atoms with Crippen molar-refractivity contribution in [2.24, 2.45) is 0 Å². The van der Waals surface area contributed by atoms with Crippen LogP contribution in [0.15, 0.2) is 24.3 Å². The fourth-order valence-electron chi connectivity index (χ4n) is 2.72. The largest absolute Gasteiger partial charge is 0.303 e. The number of halogens is 1. The maximum atomic E-state index is 11.3. The SMILES string of the molecule is CN1CCCCC1CC(C=O)c1ccc(Cl)cc1. The first-order valence-electron chi connectivity index (χ1n) is 6.61. The lowest BCUT2D eigenvalue weighted by atomic mass is 9.89. The number of aldehydes is 1. The van der Waals surface area contributed by atoms with Gasteiger partial charge in [-0.1, -0.05) is 30.2 Å². The van der Waals surface area contributed by atoms with Gasteiger partial charge in [-0.25, -0.2) is 0 Å². The molecule has 1 saturated heterocycles. The number of carbonyl (C=O) groups is 1. The first kappa shape index (κ1) is 13.6. The highest BCUT2D eigenvalue weighted by molar-refractivity contribution is 6.30. The van der Waals surface area contributed by atoms with Crippen LogP contribution in [-0.4, -0.2) is 30.8 Å². The second-order valence-electron chi connectivity index (χ2n) is 5.16. The smallest absolute Gasteiger partial charge is 0.127 e. The maximum absolute atomic E-state index is 11.3. The van der Waals surface area contributed by atoms with Crippen LogP contribution >= 0.6 is 11.6 Å². The third kappa shape index (κ3) is 3.33. The second-order valence-corrected chi connectivity index (χ2v) is 5.60. The average Bonchev–Trinajstić information content (AvgIpc) is 2.39. The normalized spacial score (nSPS) is 22.7. The molecule has 0 saturated carbocycles. The van der Waals surface area contributed by atoms with Crippen molar-refractivity contribution >= 4 is 17.9 Å². The number of benzene rings is 1. The van der Waals surface area contributed by atoms with Crippen LogP contribution in [-0.2, 0) is 4.79 Å². The van der Waals surface area contributed by atoms with E-state index in [4.69, 9.17) is 11.6 Å². The Kier molecular flexibility index (Phi) is 4.79. The van der Waals surface area contributed by atoms with Crippen molar-refractivity contribution in [1.29, 1.82) is 0 Å². The molecule has 18 heavy (non-hydrogen) atoms. The van der Waals surface area contributed by atoms with E-state index in [1.165, 1.54) is 19.3 Å². The van der Waals surface area contributed by atoms with Crippen molar-refractivity contribution in [3.05, 3.63) is 34.9 Å². The van der Waals surface area contributed by atoms with Crippen molar-refractivity contribution in [3.63, 3.8) is 0 Å². The van der Waals surface area contributed by atoms with Gasteiger partial charge in [-0.15, -0.1) is 0 Å². The molecule has 0 N–H and O–H groups in total. The quantitative estimate of drug-likeness (QED) is 0.777. The van der Waals surface area contributed by atoms with E-state index < -0.39 is 0 Å². The van der Waals surface area contributed by atoms with Crippen LogP contribution in [0.2, 0.25) is 5.02 Å². The van der Waals surface area contributed by atoms with E-state index in [0.29, 0.717) is 6.04 Å². The Morgan fingerprint density at radius 2 is 2.11 bits per heavy atom. The Morgan fingerprint density at radius 1 is 1.39 bits per heavy atom. The van der Waals surface area contributed by atoms with Gasteiger partial charge in [-0.05, 0) is 50.6 Å². The van der Waals surface area contributed by atoms with Crippen LogP contribution in [0.5, 0.6) is 0 Å². The molecule has 0 amide bonds. The van der Waals surface area contributed by atoms with Crippen LogP contribution in [0.1, 0.15) is 37.2 Å². The predicted octanol–water partition coefficient (Wildman–Crippen LogP) is 3.50. The Bertz CT molecular complexity index is 390. The third-order valence-corrected chi connectivity index (χ3v) is 4.16. The summed E-state index contributed by atoms with van der Waals surface area (Å²) >= 11 is 5.88. The molecule has 98 valence electrons. The van der Waals surface area contributed by atoms with Crippen molar-refractivity contribution in [1.82, 2.24) is 4.90 Å². The van der Waals surface area contributed by atoms with Crippen LogP contribution in [0.3, 0.4) is 0 Å². The maximum Gasteiger partial charge on any atom is 0.127 e. The highest BCUT2D eigenvalue weighted by Gasteiger charge is 2.23. The Morgan fingerprint density at radius 3 is 2.72 bits per heavy atom. The van der Waals surface area contributed by atoms with Crippen molar-refractivity contribution in [2.45, 2.75) is 37.6 Å². The molecule has 0 aromatic heterocycles. The van der Waals surface area contributed by atoms with Crippen molar-refractivity contribution in [2.75, 3.05) is 13.6 Å². The first-order valence-corrected chi connectivity index (χ1v) is 6.99. The highest BCUT2D eigenvalue weighted by Crippen LogP contribution is 2.27. The molecular weight excluding hydrogens is 246 g/mol.